The highest BCUT2D eigenvalue weighted by Crippen LogP contribution is 2.19. The molecule has 0 aliphatic carbocycles. The maximum Gasteiger partial charge on any atom is 0.119 e. The largest absolute Gasteiger partial charge is 0.497 e. The standard InChI is InChI=1S/C18H21NO/c1-20-18-8-4-5-14(12-18)11-17-13-16-7-3-2-6-15(16)9-10-19-17/h2-8,12,17,19H,9-11,13H2,1H3. The Morgan fingerprint density at radius 3 is 2.80 bits per heavy atom. The lowest BCUT2D eigenvalue weighted by Gasteiger charge is -2.16. The summed E-state index contributed by atoms with van der Waals surface area (Å²) in [6, 6.07) is 17.7. The lowest BCUT2D eigenvalue weighted by atomic mass is 9.97. The molecule has 0 saturated heterocycles. The zero-order valence-electron chi connectivity index (χ0n) is 11.9. The molecule has 2 nitrogen and oxygen atoms in total. The van der Waals surface area contributed by atoms with Crippen molar-refractivity contribution >= 4 is 0 Å². The smallest absolute Gasteiger partial charge is 0.119 e. The summed E-state index contributed by atoms with van der Waals surface area (Å²) in [5.41, 5.74) is 4.32. The number of hydrogen-bond acceptors (Lipinski definition) is 2. The number of ether oxygens (including phenoxy) is 1. The van der Waals surface area contributed by atoms with Crippen LogP contribution in [0.15, 0.2) is 48.5 Å². The first-order valence-electron chi connectivity index (χ1n) is 7.28. The van der Waals surface area contributed by atoms with Crippen molar-refractivity contribution in [3.63, 3.8) is 0 Å². The summed E-state index contributed by atoms with van der Waals surface area (Å²) in [4.78, 5) is 0. The second-order valence-electron chi connectivity index (χ2n) is 5.43. The predicted molar refractivity (Wildman–Crippen MR) is 82.3 cm³/mol. The van der Waals surface area contributed by atoms with E-state index in [1.54, 1.807) is 7.11 Å². The Bertz CT molecular complexity index is 579. The van der Waals surface area contributed by atoms with Crippen LogP contribution in [0.25, 0.3) is 0 Å². The van der Waals surface area contributed by atoms with E-state index in [0.717, 1.165) is 31.6 Å². The van der Waals surface area contributed by atoms with Crippen molar-refractivity contribution in [2.45, 2.75) is 25.3 Å². The topological polar surface area (TPSA) is 21.3 Å². The molecule has 1 aliphatic rings. The highest BCUT2D eigenvalue weighted by molar-refractivity contribution is 5.32. The SMILES string of the molecule is COc1cccc(CC2Cc3ccccc3CCN2)c1. The van der Waals surface area contributed by atoms with Crippen molar-refractivity contribution in [3.8, 4) is 5.75 Å². The number of methoxy groups -OCH3 is 1. The number of benzene rings is 2. The zero-order valence-corrected chi connectivity index (χ0v) is 11.9. The van der Waals surface area contributed by atoms with E-state index < -0.39 is 0 Å². The maximum atomic E-state index is 5.30. The van der Waals surface area contributed by atoms with Crippen LogP contribution >= 0.6 is 0 Å². The summed E-state index contributed by atoms with van der Waals surface area (Å²) in [6.07, 6.45) is 3.28. The van der Waals surface area contributed by atoms with Crippen LogP contribution in [0.2, 0.25) is 0 Å². The van der Waals surface area contributed by atoms with Crippen LogP contribution in [-0.2, 0) is 19.3 Å². The molecule has 1 N–H and O–H groups in total. The molecule has 0 fully saturated rings. The molecule has 3 rings (SSSR count). The maximum absolute atomic E-state index is 5.30. The van der Waals surface area contributed by atoms with E-state index in [4.69, 9.17) is 4.74 Å². The average Bonchev–Trinajstić information content (AvgIpc) is 2.69. The molecule has 1 unspecified atom stereocenters. The second-order valence-corrected chi connectivity index (χ2v) is 5.43. The minimum Gasteiger partial charge on any atom is -0.497 e. The van der Waals surface area contributed by atoms with Crippen molar-refractivity contribution in [1.82, 2.24) is 5.32 Å². The fraction of sp³-hybridized carbons (Fsp3) is 0.333. The summed E-state index contributed by atoms with van der Waals surface area (Å²) >= 11 is 0. The predicted octanol–water partition coefficient (Wildman–Crippen LogP) is 2.99. The molecule has 0 saturated carbocycles. The fourth-order valence-corrected chi connectivity index (χ4v) is 2.98. The third-order valence-electron chi connectivity index (χ3n) is 4.03. The molecule has 0 spiro atoms. The summed E-state index contributed by atoms with van der Waals surface area (Å²) in [5.74, 6) is 0.941. The molecule has 1 atom stereocenters. The summed E-state index contributed by atoms with van der Waals surface area (Å²) in [5, 5.41) is 3.67. The third kappa shape index (κ3) is 3.02. The molecule has 20 heavy (non-hydrogen) atoms. The Hall–Kier alpha value is -1.80. The molecule has 0 aromatic heterocycles. The van der Waals surface area contributed by atoms with Gasteiger partial charge in [-0.05, 0) is 54.6 Å². The fourth-order valence-electron chi connectivity index (χ4n) is 2.98. The van der Waals surface area contributed by atoms with Crippen molar-refractivity contribution < 1.29 is 4.74 Å². The van der Waals surface area contributed by atoms with Gasteiger partial charge in [0.15, 0.2) is 0 Å². The van der Waals surface area contributed by atoms with E-state index in [1.165, 1.54) is 16.7 Å². The lowest BCUT2D eigenvalue weighted by Crippen LogP contribution is -2.32. The van der Waals surface area contributed by atoms with Gasteiger partial charge in [-0.1, -0.05) is 36.4 Å². The van der Waals surface area contributed by atoms with Crippen molar-refractivity contribution in [2.24, 2.45) is 0 Å². The number of fused-ring (bicyclic) bond motifs is 1. The van der Waals surface area contributed by atoms with Gasteiger partial charge in [0.05, 0.1) is 7.11 Å². The van der Waals surface area contributed by atoms with Crippen LogP contribution < -0.4 is 10.1 Å². The van der Waals surface area contributed by atoms with E-state index in [0.29, 0.717) is 6.04 Å². The molecular weight excluding hydrogens is 246 g/mol. The van der Waals surface area contributed by atoms with E-state index in [1.807, 2.05) is 6.07 Å². The van der Waals surface area contributed by atoms with Gasteiger partial charge >= 0.3 is 0 Å². The quantitative estimate of drug-likeness (QED) is 0.923. The molecule has 2 aromatic rings. The van der Waals surface area contributed by atoms with E-state index in [9.17, 15) is 0 Å². The molecule has 0 bridgehead atoms. The molecule has 0 amide bonds. The first-order valence-corrected chi connectivity index (χ1v) is 7.28. The lowest BCUT2D eigenvalue weighted by molar-refractivity contribution is 0.413. The molecular formula is C18H21NO. The van der Waals surface area contributed by atoms with Gasteiger partial charge in [-0.25, -0.2) is 0 Å². The van der Waals surface area contributed by atoms with Crippen LogP contribution in [0.1, 0.15) is 16.7 Å². The van der Waals surface area contributed by atoms with E-state index in [2.05, 4.69) is 47.8 Å². The Balaban J connectivity index is 1.74. The van der Waals surface area contributed by atoms with Crippen molar-refractivity contribution in [1.29, 1.82) is 0 Å². The first-order chi connectivity index (χ1) is 9.85. The van der Waals surface area contributed by atoms with Crippen LogP contribution in [0.5, 0.6) is 5.75 Å². The Labute approximate surface area is 120 Å². The van der Waals surface area contributed by atoms with Gasteiger partial charge in [-0.2, -0.15) is 0 Å². The average molecular weight is 267 g/mol. The molecule has 104 valence electrons. The van der Waals surface area contributed by atoms with Gasteiger partial charge < -0.3 is 10.1 Å². The minimum atomic E-state index is 0.505. The third-order valence-corrected chi connectivity index (χ3v) is 4.03. The van der Waals surface area contributed by atoms with E-state index in [-0.39, 0.29) is 0 Å². The zero-order chi connectivity index (χ0) is 13.8. The first kappa shape index (κ1) is 13.2. The van der Waals surface area contributed by atoms with Gasteiger partial charge in [0.2, 0.25) is 0 Å². The van der Waals surface area contributed by atoms with Gasteiger partial charge in [0.25, 0.3) is 0 Å². The Kier molecular flexibility index (Phi) is 4.03. The van der Waals surface area contributed by atoms with Gasteiger partial charge in [-0.3, -0.25) is 0 Å². The highest BCUT2D eigenvalue weighted by Gasteiger charge is 2.16. The van der Waals surface area contributed by atoms with Gasteiger partial charge in [0.1, 0.15) is 5.75 Å². The Morgan fingerprint density at radius 1 is 1.10 bits per heavy atom. The summed E-state index contributed by atoms with van der Waals surface area (Å²) in [6.45, 7) is 1.06. The van der Waals surface area contributed by atoms with Gasteiger partial charge in [0, 0.05) is 6.04 Å². The van der Waals surface area contributed by atoms with Crippen LogP contribution in [0.4, 0.5) is 0 Å². The molecule has 0 radical (unpaired) electrons. The van der Waals surface area contributed by atoms with Crippen LogP contribution in [0, 0.1) is 0 Å². The van der Waals surface area contributed by atoms with Crippen LogP contribution in [-0.4, -0.2) is 19.7 Å². The normalized spacial score (nSPS) is 18.1. The van der Waals surface area contributed by atoms with Crippen molar-refractivity contribution in [2.75, 3.05) is 13.7 Å². The summed E-state index contributed by atoms with van der Waals surface area (Å²) in [7, 11) is 1.72. The number of nitrogens with one attached hydrogen (secondary N) is 1. The van der Waals surface area contributed by atoms with Crippen LogP contribution in [0.3, 0.4) is 0 Å². The minimum absolute atomic E-state index is 0.505. The Morgan fingerprint density at radius 2 is 1.95 bits per heavy atom. The summed E-state index contributed by atoms with van der Waals surface area (Å²) < 4.78 is 5.30. The monoisotopic (exact) mass is 267 g/mol. The molecule has 1 aliphatic heterocycles. The molecule has 1 heterocycles. The number of hydrogen-bond donors (Lipinski definition) is 1. The van der Waals surface area contributed by atoms with Crippen molar-refractivity contribution in [3.05, 3.63) is 65.2 Å². The molecule has 2 aromatic carbocycles. The number of rotatable bonds is 3. The van der Waals surface area contributed by atoms with Gasteiger partial charge in [-0.15, -0.1) is 0 Å². The molecule has 2 heteroatoms. The van der Waals surface area contributed by atoms with E-state index >= 15 is 0 Å². The highest BCUT2D eigenvalue weighted by atomic mass is 16.5. The second kappa shape index (κ2) is 6.10.